The lowest BCUT2D eigenvalue weighted by Gasteiger charge is -2.14. The maximum absolute atomic E-state index is 5.36. The van der Waals surface area contributed by atoms with Gasteiger partial charge in [0.25, 0.3) is 0 Å². The van der Waals surface area contributed by atoms with E-state index in [1.165, 1.54) is 10.5 Å². The highest BCUT2D eigenvalue weighted by molar-refractivity contribution is 7.98. The van der Waals surface area contributed by atoms with Crippen molar-refractivity contribution in [3.63, 3.8) is 0 Å². The molecule has 0 bridgehead atoms. The van der Waals surface area contributed by atoms with Gasteiger partial charge in [0.2, 0.25) is 0 Å². The van der Waals surface area contributed by atoms with Crippen LogP contribution >= 0.6 is 11.8 Å². The van der Waals surface area contributed by atoms with Crippen molar-refractivity contribution in [1.29, 1.82) is 0 Å². The number of methoxy groups -OCH3 is 2. The van der Waals surface area contributed by atoms with Crippen LogP contribution in [0.5, 0.6) is 11.5 Å². The highest BCUT2D eigenvalue weighted by Gasteiger charge is 2.10. The molecule has 7 heteroatoms. The molecule has 21 heavy (non-hydrogen) atoms. The molecule has 0 aliphatic rings. The van der Waals surface area contributed by atoms with Crippen LogP contribution in [0.3, 0.4) is 0 Å². The summed E-state index contributed by atoms with van der Waals surface area (Å²) in [7, 11) is 3.30. The third kappa shape index (κ3) is 4.12. The summed E-state index contributed by atoms with van der Waals surface area (Å²) in [5, 5.41) is 11.1. The van der Waals surface area contributed by atoms with Crippen LogP contribution in [0.2, 0.25) is 0 Å². The van der Waals surface area contributed by atoms with Gasteiger partial charge in [0.15, 0.2) is 11.5 Å². The molecule has 1 aromatic heterocycles. The number of nitrogens with one attached hydrogen (secondary N) is 1. The van der Waals surface area contributed by atoms with Crippen molar-refractivity contribution in [2.24, 2.45) is 0 Å². The lowest BCUT2D eigenvalue weighted by Crippen LogP contribution is -2.20. The number of nitrogens with zero attached hydrogens (tertiary/aromatic N) is 3. The number of hydrogen-bond donors (Lipinski definition) is 1. The number of ether oxygens (including phenoxy) is 2. The second-order valence-electron chi connectivity index (χ2n) is 4.36. The van der Waals surface area contributed by atoms with E-state index in [0.717, 1.165) is 31.1 Å². The van der Waals surface area contributed by atoms with Crippen molar-refractivity contribution in [1.82, 2.24) is 20.3 Å². The molecular weight excluding hydrogens is 288 g/mol. The first-order valence-electron chi connectivity index (χ1n) is 6.62. The molecule has 6 nitrogen and oxygen atoms in total. The monoisotopic (exact) mass is 308 g/mol. The Morgan fingerprint density at radius 2 is 2.00 bits per heavy atom. The second kappa shape index (κ2) is 7.90. The van der Waals surface area contributed by atoms with E-state index in [2.05, 4.69) is 21.9 Å². The molecule has 0 atom stereocenters. The number of aromatic nitrogens is 3. The van der Waals surface area contributed by atoms with Gasteiger partial charge in [0, 0.05) is 24.2 Å². The Balaban J connectivity index is 1.97. The summed E-state index contributed by atoms with van der Waals surface area (Å²) in [6, 6.07) is 4.03. The summed E-state index contributed by atoms with van der Waals surface area (Å²) in [5.41, 5.74) is 1.19. The van der Waals surface area contributed by atoms with Crippen LogP contribution in [0.15, 0.2) is 29.4 Å². The molecule has 0 aliphatic heterocycles. The van der Waals surface area contributed by atoms with E-state index in [-0.39, 0.29) is 0 Å². The number of hydrogen-bond acceptors (Lipinski definition) is 6. The average Bonchev–Trinajstić information content (AvgIpc) is 3.04. The first-order valence-corrected chi connectivity index (χ1v) is 7.84. The molecule has 0 saturated carbocycles. The molecular formula is C14H20N4O2S. The molecule has 1 heterocycles. The van der Waals surface area contributed by atoms with E-state index >= 15 is 0 Å². The molecule has 0 unspecified atom stereocenters. The summed E-state index contributed by atoms with van der Waals surface area (Å²) in [4.78, 5) is 1.18. The topological polar surface area (TPSA) is 61.2 Å². The van der Waals surface area contributed by atoms with Gasteiger partial charge in [-0.3, -0.25) is 4.68 Å². The minimum absolute atomic E-state index is 0.753. The van der Waals surface area contributed by atoms with E-state index in [1.54, 1.807) is 36.9 Å². The van der Waals surface area contributed by atoms with Crippen molar-refractivity contribution in [3.8, 4) is 11.5 Å². The van der Waals surface area contributed by atoms with Crippen LogP contribution < -0.4 is 14.8 Å². The number of benzene rings is 1. The second-order valence-corrected chi connectivity index (χ2v) is 5.21. The Morgan fingerprint density at radius 3 is 2.62 bits per heavy atom. The SMILES string of the molecule is COc1cc(CNCCn2ccnn2)c(SC)cc1OC. The smallest absolute Gasteiger partial charge is 0.161 e. The molecule has 1 aromatic carbocycles. The summed E-state index contributed by atoms with van der Waals surface area (Å²) >= 11 is 1.70. The summed E-state index contributed by atoms with van der Waals surface area (Å²) < 4.78 is 12.5. The molecule has 0 fully saturated rings. The Hall–Kier alpha value is -1.73. The largest absolute Gasteiger partial charge is 0.493 e. The fourth-order valence-corrected chi connectivity index (χ4v) is 2.62. The molecule has 0 amide bonds. The first-order chi connectivity index (χ1) is 10.3. The molecule has 0 radical (unpaired) electrons. The molecule has 2 aromatic rings. The van der Waals surface area contributed by atoms with Crippen molar-refractivity contribution in [3.05, 3.63) is 30.1 Å². The average molecular weight is 308 g/mol. The van der Waals surface area contributed by atoms with Crippen LogP contribution in [-0.2, 0) is 13.1 Å². The van der Waals surface area contributed by atoms with Crippen LogP contribution in [0.1, 0.15) is 5.56 Å². The van der Waals surface area contributed by atoms with Gasteiger partial charge in [-0.2, -0.15) is 0 Å². The standard InChI is InChI=1S/C14H20N4O2S/c1-19-12-8-11(14(21-3)9-13(12)20-2)10-15-4-6-18-7-5-16-17-18/h5,7-9,15H,4,6,10H2,1-3H3. The van der Waals surface area contributed by atoms with Gasteiger partial charge >= 0.3 is 0 Å². The van der Waals surface area contributed by atoms with Gasteiger partial charge in [-0.1, -0.05) is 5.21 Å². The minimum Gasteiger partial charge on any atom is -0.493 e. The van der Waals surface area contributed by atoms with Gasteiger partial charge in [0.05, 0.1) is 27.0 Å². The number of rotatable bonds is 8. The van der Waals surface area contributed by atoms with Crippen LogP contribution in [-0.4, -0.2) is 42.0 Å². The van der Waals surface area contributed by atoms with Crippen LogP contribution in [0.4, 0.5) is 0 Å². The van der Waals surface area contributed by atoms with E-state index in [9.17, 15) is 0 Å². The van der Waals surface area contributed by atoms with E-state index in [4.69, 9.17) is 9.47 Å². The zero-order valence-electron chi connectivity index (χ0n) is 12.5. The van der Waals surface area contributed by atoms with Crippen molar-refractivity contribution in [2.75, 3.05) is 27.0 Å². The molecule has 1 N–H and O–H groups in total. The maximum atomic E-state index is 5.36. The molecule has 0 saturated heterocycles. The predicted octanol–water partition coefficient (Wildman–Crippen LogP) is 1.81. The van der Waals surface area contributed by atoms with Gasteiger partial charge in [-0.15, -0.1) is 16.9 Å². The van der Waals surface area contributed by atoms with E-state index in [1.807, 2.05) is 18.3 Å². The lowest BCUT2D eigenvalue weighted by molar-refractivity contribution is 0.353. The van der Waals surface area contributed by atoms with Crippen LogP contribution in [0.25, 0.3) is 0 Å². The molecule has 0 aliphatic carbocycles. The van der Waals surface area contributed by atoms with Gasteiger partial charge in [0.1, 0.15) is 0 Å². The lowest BCUT2D eigenvalue weighted by atomic mass is 10.2. The molecule has 2 rings (SSSR count). The van der Waals surface area contributed by atoms with E-state index < -0.39 is 0 Å². The van der Waals surface area contributed by atoms with E-state index in [0.29, 0.717) is 0 Å². The maximum Gasteiger partial charge on any atom is 0.161 e. The minimum atomic E-state index is 0.753. The molecule has 0 spiro atoms. The Bertz CT molecular complexity index is 560. The summed E-state index contributed by atoms with van der Waals surface area (Å²) in [6.45, 7) is 2.39. The molecule has 114 valence electrons. The van der Waals surface area contributed by atoms with Gasteiger partial charge < -0.3 is 14.8 Å². The van der Waals surface area contributed by atoms with Crippen molar-refractivity contribution < 1.29 is 9.47 Å². The number of thioether (sulfide) groups is 1. The third-order valence-corrected chi connectivity index (χ3v) is 3.91. The zero-order chi connectivity index (χ0) is 15.1. The van der Waals surface area contributed by atoms with Crippen molar-refractivity contribution in [2.45, 2.75) is 18.0 Å². The fourth-order valence-electron chi connectivity index (χ4n) is 2.00. The third-order valence-electron chi connectivity index (χ3n) is 3.09. The predicted molar refractivity (Wildman–Crippen MR) is 83.1 cm³/mol. The summed E-state index contributed by atoms with van der Waals surface area (Å²) in [5.74, 6) is 1.51. The normalized spacial score (nSPS) is 10.6. The Morgan fingerprint density at radius 1 is 1.24 bits per heavy atom. The summed E-state index contributed by atoms with van der Waals surface area (Å²) in [6.07, 6.45) is 5.59. The highest BCUT2D eigenvalue weighted by Crippen LogP contribution is 2.34. The Labute approximate surface area is 128 Å². The van der Waals surface area contributed by atoms with Crippen molar-refractivity contribution >= 4 is 11.8 Å². The van der Waals surface area contributed by atoms with Gasteiger partial charge in [-0.05, 0) is 24.0 Å². The highest BCUT2D eigenvalue weighted by atomic mass is 32.2. The zero-order valence-corrected chi connectivity index (χ0v) is 13.3. The first kappa shape index (κ1) is 15.7. The fraction of sp³-hybridized carbons (Fsp3) is 0.429. The Kier molecular flexibility index (Phi) is 5.89. The quantitative estimate of drug-likeness (QED) is 0.593. The van der Waals surface area contributed by atoms with Gasteiger partial charge in [-0.25, -0.2) is 0 Å². The van der Waals surface area contributed by atoms with Crippen LogP contribution in [0, 0.1) is 0 Å².